The number of alkyl halides is 1. The number of carbonyl (C=O) groups excluding carboxylic acids is 1. The van der Waals surface area contributed by atoms with Gasteiger partial charge < -0.3 is 5.32 Å². The summed E-state index contributed by atoms with van der Waals surface area (Å²) in [6, 6.07) is 5.06. The number of halogens is 3. The number of hydrogen-bond acceptors (Lipinski definition) is 1. The third-order valence-electron chi connectivity index (χ3n) is 3.47. The van der Waals surface area contributed by atoms with Gasteiger partial charge in [0.25, 0.3) is 5.91 Å². The van der Waals surface area contributed by atoms with E-state index in [1.165, 1.54) is 0 Å². The van der Waals surface area contributed by atoms with Crippen LogP contribution in [0.5, 0.6) is 0 Å². The molecule has 1 aromatic rings. The summed E-state index contributed by atoms with van der Waals surface area (Å²) in [7, 11) is 0. The summed E-state index contributed by atoms with van der Waals surface area (Å²) in [6.45, 7) is 0.644. The number of benzene rings is 1. The van der Waals surface area contributed by atoms with Gasteiger partial charge in [0.05, 0.1) is 15.6 Å². The van der Waals surface area contributed by atoms with Crippen molar-refractivity contribution in [2.45, 2.75) is 31.1 Å². The van der Waals surface area contributed by atoms with Crippen molar-refractivity contribution in [2.24, 2.45) is 5.92 Å². The number of carbonyl (C=O) groups is 1. The molecule has 0 radical (unpaired) electrons. The molecule has 0 aromatic heterocycles. The first-order valence-corrected chi connectivity index (χ1v) is 7.63. The smallest absolute Gasteiger partial charge is 0.252 e. The van der Waals surface area contributed by atoms with Gasteiger partial charge in [0, 0.05) is 11.9 Å². The van der Waals surface area contributed by atoms with Gasteiger partial charge >= 0.3 is 0 Å². The normalized spacial score (nSPS) is 23.1. The van der Waals surface area contributed by atoms with E-state index in [9.17, 15) is 4.79 Å². The molecule has 2 nitrogen and oxygen atoms in total. The molecule has 0 heterocycles. The van der Waals surface area contributed by atoms with Crippen molar-refractivity contribution in [1.82, 2.24) is 5.32 Å². The largest absolute Gasteiger partial charge is 0.352 e. The van der Waals surface area contributed by atoms with Gasteiger partial charge in [-0.05, 0) is 37.3 Å². The molecule has 0 spiro atoms. The molecule has 104 valence electrons. The van der Waals surface area contributed by atoms with Gasteiger partial charge in [-0.2, -0.15) is 0 Å². The zero-order valence-electron chi connectivity index (χ0n) is 10.5. The van der Waals surface area contributed by atoms with E-state index in [1.807, 2.05) is 0 Å². The van der Waals surface area contributed by atoms with Crippen LogP contribution in [0.25, 0.3) is 0 Å². The molecule has 1 fully saturated rings. The van der Waals surface area contributed by atoms with Crippen LogP contribution in [0.2, 0.25) is 10.0 Å². The highest BCUT2D eigenvalue weighted by molar-refractivity contribution is 6.43. The highest BCUT2D eigenvalue weighted by Gasteiger charge is 2.21. The van der Waals surface area contributed by atoms with Crippen LogP contribution in [0.1, 0.15) is 36.0 Å². The first-order valence-electron chi connectivity index (χ1n) is 6.44. The Balaban J connectivity index is 1.92. The fourth-order valence-corrected chi connectivity index (χ4v) is 3.21. The minimum absolute atomic E-state index is 0.177. The van der Waals surface area contributed by atoms with Crippen LogP contribution in [0, 0.1) is 5.92 Å². The molecule has 1 N–H and O–H groups in total. The first-order chi connectivity index (χ1) is 9.08. The van der Waals surface area contributed by atoms with Gasteiger partial charge in [0.2, 0.25) is 0 Å². The van der Waals surface area contributed by atoms with Crippen LogP contribution >= 0.6 is 34.8 Å². The van der Waals surface area contributed by atoms with E-state index in [1.54, 1.807) is 18.2 Å². The molecule has 2 unspecified atom stereocenters. The highest BCUT2D eigenvalue weighted by Crippen LogP contribution is 2.28. The van der Waals surface area contributed by atoms with Crippen LogP contribution in [-0.2, 0) is 0 Å². The quantitative estimate of drug-likeness (QED) is 0.815. The van der Waals surface area contributed by atoms with E-state index < -0.39 is 0 Å². The van der Waals surface area contributed by atoms with Crippen molar-refractivity contribution in [1.29, 1.82) is 0 Å². The van der Waals surface area contributed by atoms with E-state index >= 15 is 0 Å². The van der Waals surface area contributed by atoms with Gasteiger partial charge in [-0.1, -0.05) is 35.7 Å². The van der Waals surface area contributed by atoms with Crippen molar-refractivity contribution >= 4 is 40.7 Å². The van der Waals surface area contributed by atoms with E-state index in [4.69, 9.17) is 34.8 Å². The molecule has 1 aromatic carbocycles. The van der Waals surface area contributed by atoms with E-state index in [0.29, 0.717) is 28.1 Å². The number of amides is 1. The van der Waals surface area contributed by atoms with Crippen molar-refractivity contribution < 1.29 is 4.79 Å². The Kier molecular flexibility index (Phi) is 5.37. The summed E-state index contributed by atoms with van der Waals surface area (Å²) in [4.78, 5) is 12.1. The van der Waals surface area contributed by atoms with E-state index in [-0.39, 0.29) is 11.3 Å². The molecule has 0 saturated heterocycles. The lowest BCUT2D eigenvalue weighted by atomic mass is 9.89. The molecular weight excluding hydrogens is 305 g/mol. The Hall–Kier alpha value is -0.440. The van der Waals surface area contributed by atoms with Crippen LogP contribution < -0.4 is 5.32 Å². The summed E-state index contributed by atoms with van der Waals surface area (Å²) < 4.78 is 0. The molecule has 1 aliphatic rings. The van der Waals surface area contributed by atoms with Gasteiger partial charge in [0.1, 0.15) is 0 Å². The molecule has 1 saturated carbocycles. The monoisotopic (exact) mass is 319 g/mol. The molecule has 2 atom stereocenters. The van der Waals surface area contributed by atoms with Crippen LogP contribution in [-0.4, -0.2) is 17.8 Å². The van der Waals surface area contributed by atoms with Crippen LogP contribution in [0.15, 0.2) is 18.2 Å². The maximum atomic E-state index is 12.1. The lowest BCUT2D eigenvalue weighted by Crippen LogP contribution is -2.32. The Morgan fingerprint density at radius 2 is 2.11 bits per heavy atom. The minimum atomic E-state index is -0.177. The van der Waals surface area contributed by atoms with Gasteiger partial charge in [-0.25, -0.2) is 0 Å². The molecule has 1 aliphatic carbocycles. The number of nitrogens with one attached hydrogen (secondary N) is 1. The highest BCUT2D eigenvalue weighted by atomic mass is 35.5. The summed E-state index contributed by atoms with van der Waals surface area (Å²) in [6.07, 6.45) is 4.29. The van der Waals surface area contributed by atoms with Gasteiger partial charge in [0.15, 0.2) is 0 Å². The van der Waals surface area contributed by atoms with Crippen molar-refractivity contribution in [3.63, 3.8) is 0 Å². The lowest BCUT2D eigenvalue weighted by Gasteiger charge is -2.25. The fraction of sp³-hybridized carbons (Fsp3) is 0.500. The average Bonchev–Trinajstić information content (AvgIpc) is 2.39. The van der Waals surface area contributed by atoms with Crippen molar-refractivity contribution in [3.05, 3.63) is 33.8 Å². The maximum Gasteiger partial charge on any atom is 0.252 e. The third kappa shape index (κ3) is 4.01. The summed E-state index contributed by atoms with van der Waals surface area (Å²) in [5.41, 5.74) is 0.424. The van der Waals surface area contributed by atoms with Crippen LogP contribution in [0.4, 0.5) is 0 Å². The molecule has 0 aliphatic heterocycles. The number of rotatable bonds is 3. The zero-order valence-corrected chi connectivity index (χ0v) is 12.7. The predicted molar refractivity (Wildman–Crippen MR) is 80.4 cm³/mol. The van der Waals surface area contributed by atoms with Crippen molar-refractivity contribution in [3.8, 4) is 0 Å². The maximum absolute atomic E-state index is 12.1. The third-order valence-corrected chi connectivity index (χ3v) is 4.68. The Labute approximate surface area is 128 Å². The minimum Gasteiger partial charge on any atom is -0.352 e. The van der Waals surface area contributed by atoms with Crippen molar-refractivity contribution in [2.75, 3.05) is 6.54 Å². The first kappa shape index (κ1) is 15.0. The fourth-order valence-electron chi connectivity index (χ4n) is 2.42. The number of hydrogen-bond donors (Lipinski definition) is 1. The molecule has 19 heavy (non-hydrogen) atoms. The lowest BCUT2D eigenvalue weighted by molar-refractivity contribution is 0.0944. The summed E-state index contributed by atoms with van der Waals surface area (Å²) in [5.74, 6) is 0.280. The topological polar surface area (TPSA) is 29.1 Å². The second-order valence-corrected chi connectivity index (χ2v) is 6.34. The molecular formula is C14H16Cl3NO. The summed E-state index contributed by atoms with van der Waals surface area (Å²) >= 11 is 18.1. The van der Waals surface area contributed by atoms with E-state index in [2.05, 4.69) is 5.32 Å². The second-order valence-electron chi connectivity index (χ2n) is 4.94. The van der Waals surface area contributed by atoms with E-state index in [0.717, 1.165) is 25.7 Å². The summed E-state index contributed by atoms with van der Waals surface area (Å²) in [5, 5.41) is 3.86. The average molecular weight is 321 g/mol. The molecule has 2 rings (SSSR count). The molecule has 0 bridgehead atoms. The zero-order chi connectivity index (χ0) is 13.8. The molecule has 1 amide bonds. The SMILES string of the molecule is O=C(NCC1CCCC(Cl)C1)c1cccc(Cl)c1Cl. The van der Waals surface area contributed by atoms with Gasteiger partial charge in [-0.15, -0.1) is 11.6 Å². The Morgan fingerprint density at radius 1 is 1.32 bits per heavy atom. The Bertz CT molecular complexity index is 464. The predicted octanol–water partition coefficient (Wildman–Crippen LogP) is 4.52. The Morgan fingerprint density at radius 3 is 2.84 bits per heavy atom. The van der Waals surface area contributed by atoms with Gasteiger partial charge in [-0.3, -0.25) is 4.79 Å². The van der Waals surface area contributed by atoms with Crippen LogP contribution in [0.3, 0.4) is 0 Å². The second kappa shape index (κ2) is 6.83. The standard InChI is InChI=1S/C14H16Cl3NO/c15-10-4-1-3-9(7-10)8-18-14(19)11-5-2-6-12(16)13(11)17/h2,5-6,9-10H,1,3-4,7-8H2,(H,18,19). The molecule has 5 heteroatoms.